The highest BCUT2D eigenvalue weighted by molar-refractivity contribution is 7.79. The van der Waals surface area contributed by atoms with Crippen molar-refractivity contribution in [3.05, 3.63) is 12.2 Å². The van der Waals surface area contributed by atoms with Crippen molar-refractivity contribution in [3.63, 3.8) is 0 Å². The molecule has 0 heterocycles. The molecule has 0 fully saturated rings. The zero-order valence-corrected chi connectivity index (χ0v) is 5.93. The highest BCUT2D eigenvalue weighted by Gasteiger charge is 2.14. The Morgan fingerprint density at radius 1 is 1.56 bits per heavy atom. The second kappa shape index (κ2) is 3.13. The topological polar surface area (TPSA) is 37.3 Å². The van der Waals surface area contributed by atoms with Crippen molar-refractivity contribution in [2.75, 3.05) is 0 Å². The minimum atomic E-state index is -1.60. The standard InChI is InChI=1S/C6H10O2S/c7-9(8)6-4-2-1-3-5-6/h1-2,6H,3-5H2,(H,7,8). The van der Waals surface area contributed by atoms with Crippen molar-refractivity contribution in [3.8, 4) is 0 Å². The highest BCUT2D eigenvalue weighted by atomic mass is 32.2. The van der Waals surface area contributed by atoms with Crippen molar-refractivity contribution < 1.29 is 8.76 Å². The van der Waals surface area contributed by atoms with E-state index >= 15 is 0 Å². The lowest BCUT2D eigenvalue weighted by atomic mass is 10.1. The lowest BCUT2D eigenvalue weighted by Gasteiger charge is -2.12. The van der Waals surface area contributed by atoms with Crippen LogP contribution in [-0.2, 0) is 11.1 Å². The second-order valence-electron chi connectivity index (χ2n) is 2.18. The van der Waals surface area contributed by atoms with Gasteiger partial charge in [0.15, 0.2) is 11.1 Å². The molecule has 1 rings (SSSR count). The molecule has 0 aliphatic heterocycles. The van der Waals surface area contributed by atoms with Gasteiger partial charge in [0.2, 0.25) is 0 Å². The van der Waals surface area contributed by atoms with Crippen LogP contribution in [0.2, 0.25) is 0 Å². The third-order valence-corrected chi connectivity index (χ3v) is 2.50. The molecule has 0 amide bonds. The number of rotatable bonds is 1. The van der Waals surface area contributed by atoms with Gasteiger partial charge in [-0.05, 0) is 19.3 Å². The SMILES string of the molecule is O=S(O)C1CC=CCC1. The smallest absolute Gasteiger partial charge is 0.156 e. The first kappa shape index (κ1) is 6.96. The molecule has 1 aliphatic rings. The van der Waals surface area contributed by atoms with Crippen LogP contribution in [0.5, 0.6) is 0 Å². The average molecular weight is 146 g/mol. The van der Waals surface area contributed by atoms with Crippen LogP contribution >= 0.6 is 0 Å². The summed E-state index contributed by atoms with van der Waals surface area (Å²) in [6.07, 6.45) is 6.62. The minimum Gasteiger partial charge on any atom is -0.306 e. The van der Waals surface area contributed by atoms with Crippen molar-refractivity contribution in [1.82, 2.24) is 0 Å². The molecule has 9 heavy (non-hydrogen) atoms. The predicted octanol–water partition coefficient (Wildman–Crippen LogP) is 1.32. The van der Waals surface area contributed by atoms with Gasteiger partial charge in [-0.3, -0.25) is 0 Å². The molecule has 0 saturated carbocycles. The molecule has 1 N–H and O–H groups in total. The molecule has 0 radical (unpaired) electrons. The Bertz CT molecular complexity index is 142. The Morgan fingerprint density at radius 2 is 2.33 bits per heavy atom. The third-order valence-electron chi connectivity index (χ3n) is 1.51. The van der Waals surface area contributed by atoms with Crippen molar-refractivity contribution in [1.29, 1.82) is 0 Å². The van der Waals surface area contributed by atoms with Crippen molar-refractivity contribution in [2.45, 2.75) is 24.5 Å². The number of hydrogen-bond donors (Lipinski definition) is 1. The maximum atomic E-state index is 10.4. The summed E-state index contributed by atoms with van der Waals surface area (Å²) in [5.74, 6) is 0. The van der Waals surface area contributed by atoms with Crippen LogP contribution in [0.1, 0.15) is 19.3 Å². The molecular weight excluding hydrogens is 136 g/mol. The fourth-order valence-corrected chi connectivity index (χ4v) is 1.56. The van der Waals surface area contributed by atoms with Crippen LogP contribution in [-0.4, -0.2) is 14.0 Å². The molecule has 2 atom stereocenters. The lowest BCUT2D eigenvalue weighted by Crippen LogP contribution is -2.14. The van der Waals surface area contributed by atoms with E-state index in [0.717, 1.165) is 19.3 Å². The summed E-state index contributed by atoms with van der Waals surface area (Å²) in [5, 5.41) is -0.00463. The summed E-state index contributed by atoms with van der Waals surface area (Å²) < 4.78 is 19.0. The quantitative estimate of drug-likeness (QED) is 0.447. The van der Waals surface area contributed by atoms with Gasteiger partial charge in [-0.15, -0.1) is 0 Å². The van der Waals surface area contributed by atoms with Gasteiger partial charge < -0.3 is 4.55 Å². The number of hydrogen-bond acceptors (Lipinski definition) is 1. The van der Waals surface area contributed by atoms with E-state index in [1.54, 1.807) is 0 Å². The molecule has 0 spiro atoms. The van der Waals surface area contributed by atoms with Gasteiger partial charge in [0.1, 0.15) is 0 Å². The van der Waals surface area contributed by atoms with E-state index in [9.17, 15) is 4.21 Å². The van der Waals surface area contributed by atoms with E-state index in [4.69, 9.17) is 4.55 Å². The van der Waals surface area contributed by atoms with Crippen molar-refractivity contribution >= 4 is 11.1 Å². The monoisotopic (exact) mass is 146 g/mol. The second-order valence-corrected chi connectivity index (χ2v) is 3.40. The normalized spacial score (nSPS) is 30.1. The molecule has 0 aromatic carbocycles. The minimum absolute atomic E-state index is 0.00463. The Labute approximate surface area is 57.2 Å². The van der Waals surface area contributed by atoms with E-state index in [0.29, 0.717) is 0 Å². The van der Waals surface area contributed by atoms with Crippen LogP contribution in [0, 0.1) is 0 Å². The molecule has 2 unspecified atom stereocenters. The predicted molar refractivity (Wildman–Crippen MR) is 37.6 cm³/mol. The maximum absolute atomic E-state index is 10.4. The van der Waals surface area contributed by atoms with Gasteiger partial charge in [0.25, 0.3) is 0 Å². The van der Waals surface area contributed by atoms with E-state index in [2.05, 4.69) is 6.08 Å². The summed E-state index contributed by atoms with van der Waals surface area (Å²) >= 11 is -1.60. The molecule has 1 aliphatic carbocycles. The first-order valence-electron chi connectivity index (χ1n) is 3.05. The zero-order chi connectivity index (χ0) is 6.69. The fraction of sp³-hybridized carbons (Fsp3) is 0.667. The van der Waals surface area contributed by atoms with E-state index < -0.39 is 11.1 Å². The Kier molecular flexibility index (Phi) is 2.42. The van der Waals surface area contributed by atoms with Crippen LogP contribution in [0.25, 0.3) is 0 Å². The molecule has 2 nitrogen and oxygen atoms in total. The van der Waals surface area contributed by atoms with E-state index in [1.165, 1.54) is 0 Å². The zero-order valence-electron chi connectivity index (χ0n) is 5.12. The van der Waals surface area contributed by atoms with E-state index in [-0.39, 0.29) is 5.25 Å². The maximum Gasteiger partial charge on any atom is 0.156 e. The first-order chi connectivity index (χ1) is 4.30. The number of allylic oxidation sites excluding steroid dienone is 2. The summed E-state index contributed by atoms with van der Waals surface area (Å²) in [5.41, 5.74) is 0. The van der Waals surface area contributed by atoms with Gasteiger partial charge in [-0.1, -0.05) is 12.2 Å². The van der Waals surface area contributed by atoms with Gasteiger partial charge in [-0.2, -0.15) is 0 Å². The molecule has 0 bridgehead atoms. The van der Waals surface area contributed by atoms with E-state index in [1.807, 2.05) is 6.08 Å². The van der Waals surface area contributed by atoms with Gasteiger partial charge >= 0.3 is 0 Å². The van der Waals surface area contributed by atoms with Crippen LogP contribution in [0.4, 0.5) is 0 Å². The summed E-state index contributed by atoms with van der Waals surface area (Å²) in [6.45, 7) is 0. The molecule has 3 heteroatoms. The largest absolute Gasteiger partial charge is 0.306 e. The fourth-order valence-electron chi connectivity index (χ4n) is 0.949. The van der Waals surface area contributed by atoms with Gasteiger partial charge in [-0.25, -0.2) is 4.21 Å². The highest BCUT2D eigenvalue weighted by Crippen LogP contribution is 2.14. The Morgan fingerprint density at radius 3 is 2.67 bits per heavy atom. The Hall–Kier alpha value is -0.150. The molecule has 0 aromatic heterocycles. The molecule has 0 aromatic rings. The van der Waals surface area contributed by atoms with Crippen LogP contribution < -0.4 is 0 Å². The summed E-state index contributed by atoms with van der Waals surface area (Å²) in [7, 11) is 0. The molecule has 0 saturated heterocycles. The molecular formula is C6H10O2S. The summed E-state index contributed by atoms with van der Waals surface area (Å²) in [6, 6.07) is 0. The van der Waals surface area contributed by atoms with Crippen LogP contribution in [0.3, 0.4) is 0 Å². The molecule has 52 valence electrons. The Balaban J connectivity index is 2.44. The van der Waals surface area contributed by atoms with Gasteiger partial charge in [0.05, 0.1) is 5.25 Å². The van der Waals surface area contributed by atoms with Crippen molar-refractivity contribution in [2.24, 2.45) is 0 Å². The average Bonchev–Trinajstić information content (AvgIpc) is 1.90. The van der Waals surface area contributed by atoms with Gasteiger partial charge in [0, 0.05) is 0 Å². The lowest BCUT2D eigenvalue weighted by molar-refractivity contribution is 0.537. The third kappa shape index (κ3) is 1.91. The van der Waals surface area contributed by atoms with Crippen LogP contribution in [0.15, 0.2) is 12.2 Å². The first-order valence-corrected chi connectivity index (χ1v) is 4.22. The summed E-state index contributed by atoms with van der Waals surface area (Å²) in [4.78, 5) is 0.